The van der Waals surface area contributed by atoms with Crippen LogP contribution in [-0.2, 0) is 47.0 Å². The van der Waals surface area contributed by atoms with Gasteiger partial charge in [-0.1, -0.05) is 58.1 Å². The molecule has 0 spiro atoms. The van der Waals surface area contributed by atoms with E-state index in [-0.39, 0.29) is 56.5 Å². The summed E-state index contributed by atoms with van der Waals surface area (Å²) in [5, 5.41) is 5.50. The number of nitrogens with one attached hydrogen (secondary N) is 3. The fraction of sp³-hybridized carbons (Fsp3) is 0.694. The van der Waals surface area contributed by atoms with E-state index in [1.54, 1.807) is 46.8 Å². The lowest BCUT2D eigenvalue weighted by molar-refractivity contribution is -0.141. The topological polar surface area (TPSA) is 181 Å². The van der Waals surface area contributed by atoms with Gasteiger partial charge in [0.05, 0.1) is 18.8 Å². The average Bonchev–Trinajstić information content (AvgIpc) is 3.33. The zero-order chi connectivity index (χ0) is 38.0. The number of hydrogen-bond acceptors (Lipinski definition) is 9. The van der Waals surface area contributed by atoms with Crippen molar-refractivity contribution in [2.24, 2.45) is 11.8 Å². The van der Waals surface area contributed by atoms with Crippen molar-refractivity contribution < 1.29 is 46.3 Å². The molecule has 3 aliphatic heterocycles. The summed E-state index contributed by atoms with van der Waals surface area (Å²) in [6.07, 6.45) is 2.28. The molecule has 1 saturated carbocycles. The van der Waals surface area contributed by atoms with Crippen molar-refractivity contribution in [3.63, 3.8) is 0 Å². The molecular formula is C36H52FN5O9S. The number of rotatable bonds is 6. The maximum absolute atomic E-state index is 14.4. The highest BCUT2D eigenvalue weighted by molar-refractivity contribution is 7.90. The number of hydrogen-bond donors (Lipinski definition) is 3. The number of carbonyl (C=O) groups excluding carboxylic acids is 5. The Kier molecular flexibility index (Phi) is 11.8. The second-order valence-electron chi connectivity index (χ2n) is 16.0. The van der Waals surface area contributed by atoms with Crippen LogP contribution in [0.5, 0.6) is 0 Å². The standard InChI is InChI=1S/C36H52FN5O9S/c1-22(2)21-52(48,49)40-32(45)36-17-24(36)13-9-7-6-8-10-15-28(38-33(46)51-35(3,4)5)31(44)42-19-25(16-29(42)30(43)39-36)50-34(47)41-18-23-12-11-14-27(37)26(23)20-41/h11-12,14,22,24-25,28-29H,6-10,13,15-21H2,1-5H3,(H,38,46)(H,39,43)(H,40,45)/t24-,25+,28-,29-,36+/m0/s1. The van der Waals surface area contributed by atoms with Crippen LogP contribution in [-0.4, -0.2) is 89.8 Å². The molecule has 5 rings (SSSR count). The minimum absolute atomic E-state index is 0.000733. The number of benzene rings is 1. The van der Waals surface area contributed by atoms with Gasteiger partial charge in [0.1, 0.15) is 35.1 Å². The first-order valence-corrected chi connectivity index (χ1v) is 19.9. The minimum atomic E-state index is -3.99. The van der Waals surface area contributed by atoms with Gasteiger partial charge in [0, 0.05) is 18.5 Å². The number of ether oxygens (including phenoxy) is 2. The highest BCUT2D eigenvalue weighted by Gasteiger charge is 2.62. The summed E-state index contributed by atoms with van der Waals surface area (Å²) in [5.74, 6) is -3.36. The van der Waals surface area contributed by atoms with Crippen LogP contribution in [0, 0.1) is 17.7 Å². The Balaban J connectivity index is 1.40. The molecule has 0 bridgehead atoms. The molecule has 3 fully saturated rings. The lowest BCUT2D eigenvalue weighted by Gasteiger charge is -2.30. The molecule has 5 atom stereocenters. The fourth-order valence-electron chi connectivity index (χ4n) is 7.46. The zero-order valence-corrected chi connectivity index (χ0v) is 31.5. The molecule has 288 valence electrons. The molecule has 3 heterocycles. The molecule has 0 unspecified atom stereocenters. The van der Waals surface area contributed by atoms with Crippen molar-refractivity contribution in [1.82, 2.24) is 25.2 Å². The number of fused-ring (bicyclic) bond motifs is 3. The monoisotopic (exact) mass is 749 g/mol. The molecule has 4 aliphatic rings. The van der Waals surface area contributed by atoms with Gasteiger partial charge in [-0.2, -0.15) is 0 Å². The van der Waals surface area contributed by atoms with Crippen LogP contribution in [0.1, 0.15) is 104 Å². The predicted octanol–water partition coefficient (Wildman–Crippen LogP) is 3.86. The lowest BCUT2D eigenvalue weighted by Crippen LogP contribution is -2.58. The van der Waals surface area contributed by atoms with Crippen LogP contribution < -0.4 is 15.4 Å². The van der Waals surface area contributed by atoms with Crippen molar-refractivity contribution in [2.45, 2.75) is 135 Å². The van der Waals surface area contributed by atoms with Gasteiger partial charge in [0.15, 0.2) is 0 Å². The second kappa shape index (κ2) is 15.6. The lowest BCUT2D eigenvalue weighted by atomic mass is 10.0. The fourth-order valence-corrected chi connectivity index (χ4v) is 8.89. The zero-order valence-electron chi connectivity index (χ0n) is 30.7. The van der Waals surface area contributed by atoms with E-state index < -0.39 is 75.1 Å². The SMILES string of the molecule is CC(C)CS(=O)(=O)NC(=O)[C@@]12C[C@@H]1CCCCCCC[C@H](NC(=O)OC(C)(C)C)C(=O)N1C[C@H](OC(=O)N3Cc4cccc(F)c4C3)C[C@H]1C(=O)N2. The highest BCUT2D eigenvalue weighted by atomic mass is 32.2. The third-order valence-corrected chi connectivity index (χ3v) is 11.6. The van der Waals surface area contributed by atoms with Gasteiger partial charge in [0.2, 0.25) is 21.8 Å². The van der Waals surface area contributed by atoms with Crippen LogP contribution >= 0.6 is 0 Å². The first kappa shape index (κ1) is 39.3. The smallest absolute Gasteiger partial charge is 0.410 e. The van der Waals surface area contributed by atoms with Gasteiger partial charge in [-0.25, -0.2) is 22.4 Å². The van der Waals surface area contributed by atoms with E-state index in [4.69, 9.17) is 9.47 Å². The van der Waals surface area contributed by atoms with Crippen LogP contribution in [0.4, 0.5) is 14.0 Å². The van der Waals surface area contributed by atoms with Crippen molar-refractivity contribution in [3.05, 3.63) is 35.1 Å². The third-order valence-electron chi connectivity index (χ3n) is 9.99. The number of alkyl carbamates (subject to hydrolysis) is 1. The number of nitrogens with zero attached hydrogens (tertiary/aromatic N) is 2. The number of amides is 5. The van der Waals surface area contributed by atoms with Crippen molar-refractivity contribution in [1.29, 1.82) is 0 Å². The first-order valence-electron chi connectivity index (χ1n) is 18.3. The van der Waals surface area contributed by atoms with E-state index in [9.17, 15) is 36.8 Å². The van der Waals surface area contributed by atoms with E-state index in [1.807, 2.05) is 0 Å². The van der Waals surface area contributed by atoms with Gasteiger partial charge in [-0.3, -0.25) is 24.0 Å². The third kappa shape index (κ3) is 9.53. The van der Waals surface area contributed by atoms with Gasteiger partial charge in [-0.05, 0) is 63.5 Å². The largest absolute Gasteiger partial charge is 0.444 e. The van der Waals surface area contributed by atoms with E-state index in [2.05, 4.69) is 15.4 Å². The highest BCUT2D eigenvalue weighted by Crippen LogP contribution is 2.48. The Labute approximate surface area is 304 Å². The quantitative estimate of drug-likeness (QED) is 0.389. The van der Waals surface area contributed by atoms with Crippen molar-refractivity contribution >= 4 is 39.9 Å². The molecule has 1 aromatic carbocycles. The summed E-state index contributed by atoms with van der Waals surface area (Å²) >= 11 is 0. The summed E-state index contributed by atoms with van der Waals surface area (Å²) in [7, 11) is -3.99. The Morgan fingerprint density at radius 3 is 2.42 bits per heavy atom. The van der Waals surface area contributed by atoms with Gasteiger partial charge in [0.25, 0.3) is 5.91 Å². The summed E-state index contributed by atoms with van der Waals surface area (Å²) in [6.45, 7) is 8.47. The summed E-state index contributed by atoms with van der Waals surface area (Å²) < 4.78 is 53.5. The molecule has 1 aromatic rings. The van der Waals surface area contributed by atoms with Gasteiger partial charge < -0.3 is 25.0 Å². The van der Waals surface area contributed by atoms with E-state index in [0.717, 1.165) is 25.7 Å². The molecule has 16 heteroatoms. The Morgan fingerprint density at radius 1 is 1.06 bits per heavy atom. The summed E-state index contributed by atoms with van der Waals surface area (Å²) in [4.78, 5) is 71.0. The van der Waals surface area contributed by atoms with E-state index in [0.29, 0.717) is 24.0 Å². The number of halogens is 1. The molecule has 52 heavy (non-hydrogen) atoms. The number of sulfonamides is 1. The molecular weight excluding hydrogens is 697 g/mol. The molecule has 5 amide bonds. The maximum atomic E-state index is 14.4. The summed E-state index contributed by atoms with van der Waals surface area (Å²) in [5.41, 5.74) is -1.29. The minimum Gasteiger partial charge on any atom is -0.444 e. The van der Waals surface area contributed by atoms with Gasteiger partial charge >= 0.3 is 12.2 Å². The van der Waals surface area contributed by atoms with Crippen LogP contribution in [0.2, 0.25) is 0 Å². The Hall–Kier alpha value is -3.95. The first-order chi connectivity index (χ1) is 24.4. The number of carbonyl (C=O) groups is 5. The molecule has 3 N–H and O–H groups in total. The maximum Gasteiger partial charge on any atom is 0.410 e. The molecule has 0 aromatic heterocycles. The molecule has 14 nitrogen and oxygen atoms in total. The Morgan fingerprint density at radius 2 is 1.75 bits per heavy atom. The van der Waals surface area contributed by atoms with Crippen molar-refractivity contribution in [2.75, 3.05) is 12.3 Å². The molecule has 0 radical (unpaired) electrons. The van der Waals surface area contributed by atoms with Gasteiger partial charge in [-0.15, -0.1) is 0 Å². The normalized spacial score (nSPS) is 27.0. The van der Waals surface area contributed by atoms with Crippen LogP contribution in [0.15, 0.2) is 18.2 Å². The average molecular weight is 750 g/mol. The van der Waals surface area contributed by atoms with Crippen LogP contribution in [0.3, 0.4) is 0 Å². The predicted molar refractivity (Wildman–Crippen MR) is 187 cm³/mol. The van der Waals surface area contributed by atoms with E-state index >= 15 is 0 Å². The summed E-state index contributed by atoms with van der Waals surface area (Å²) in [6, 6.07) is 2.33. The van der Waals surface area contributed by atoms with Crippen molar-refractivity contribution in [3.8, 4) is 0 Å². The van der Waals surface area contributed by atoms with E-state index in [1.165, 1.54) is 15.9 Å². The van der Waals surface area contributed by atoms with Crippen LogP contribution in [0.25, 0.3) is 0 Å². The second-order valence-corrected chi connectivity index (χ2v) is 17.8. The molecule has 1 aliphatic carbocycles. The molecule has 2 saturated heterocycles. The Bertz CT molecular complexity index is 1660.